The van der Waals surface area contributed by atoms with E-state index in [2.05, 4.69) is 37.0 Å². The van der Waals surface area contributed by atoms with E-state index < -0.39 is 0 Å². The Morgan fingerprint density at radius 3 is 2.56 bits per heavy atom. The summed E-state index contributed by atoms with van der Waals surface area (Å²) in [6.45, 7) is 0. The van der Waals surface area contributed by atoms with E-state index in [0.29, 0.717) is 21.1 Å². The van der Waals surface area contributed by atoms with Crippen molar-refractivity contribution in [1.82, 2.24) is 5.16 Å². The van der Waals surface area contributed by atoms with Crippen LogP contribution in [-0.4, -0.2) is 5.16 Å². The zero-order valence-electron chi connectivity index (χ0n) is 7.81. The Labute approximate surface area is 119 Å². The van der Waals surface area contributed by atoms with Crippen molar-refractivity contribution in [1.29, 1.82) is 0 Å². The molecule has 0 saturated carbocycles. The highest BCUT2D eigenvalue weighted by Gasteiger charge is 2.14. The average Bonchev–Trinajstić information content (AvgIpc) is 2.64. The molecule has 0 unspecified atom stereocenters. The van der Waals surface area contributed by atoms with Crippen LogP contribution in [0.3, 0.4) is 0 Å². The van der Waals surface area contributed by atoms with E-state index in [0.717, 1.165) is 15.8 Å². The quantitative estimate of drug-likeness (QED) is 0.655. The Morgan fingerprint density at radius 2 is 2.00 bits per heavy atom. The monoisotopic (exact) mass is 383 g/mol. The molecule has 0 amide bonds. The zero-order valence-corrected chi connectivity index (χ0v) is 12.5. The predicted molar refractivity (Wildman–Crippen MR) is 72.3 cm³/mol. The lowest BCUT2D eigenvalue weighted by molar-refractivity contribution is 0.397. The number of hydrogen-bond acceptors (Lipinski definition) is 2. The number of benzene rings is 1. The van der Waals surface area contributed by atoms with Crippen LogP contribution in [0.2, 0.25) is 10.0 Å². The average molecular weight is 386 g/mol. The summed E-state index contributed by atoms with van der Waals surface area (Å²) in [5.41, 5.74) is 1.57. The van der Waals surface area contributed by atoms with Crippen LogP contribution < -0.4 is 0 Å². The van der Waals surface area contributed by atoms with Gasteiger partial charge >= 0.3 is 0 Å². The summed E-state index contributed by atoms with van der Waals surface area (Å²) in [5, 5.41) is 5.59. The number of aromatic nitrogens is 1. The van der Waals surface area contributed by atoms with Crippen molar-refractivity contribution in [2.75, 3.05) is 0 Å². The lowest BCUT2D eigenvalue weighted by atomic mass is 10.1. The molecule has 0 saturated heterocycles. The van der Waals surface area contributed by atoms with Crippen molar-refractivity contribution in [2.24, 2.45) is 0 Å². The van der Waals surface area contributed by atoms with Gasteiger partial charge < -0.3 is 4.52 Å². The molecule has 6 heteroatoms. The summed E-state index contributed by atoms with van der Waals surface area (Å²) < 4.78 is 5.97. The van der Waals surface area contributed by atoms with Crippen molar-refractivity contribution in [2.45, 2.75) is 5.33 Å². The molecule has 2 nitrogen and oxygen atoms in total. The molecule has 0 aliphatic rings. The molecular weight excluding hydrogens is 381 g/mol. The second kappa shape index (κ2) is 5.08. The molecule has 84 valence electrons. The van der Waals surface area contributed by atoms with Gasteiger partial charge in [-0.25, -0.2) is 0 Å². The molecular formula is C10H5Br2Cl2NO. The van der Waals surface area contributed by atoms with E-state index in [9.17, 15) is 0 Å². The van der Waals surface area contributed by atoms with Gasteiger partial charge in [-0.1, -0.05) is 50.4 Å². The van der Waals surface area contributed by atoms with Crippen molar-refractivity contribution in [3.05, 3.63) is 38.5 Å². The molecule has 1 aromatic carbocycles. The van der Waals surface area contributed by atoms with E-state index in [1.807, 2.05) is 6.07 Å². The fraction of sp³-hybridized carbons (Fsp3) is 0.100. The van der Waals surface area contributed by atoms with E-state index in [-0.39, 0.29) is 0 Å². The van der Waals surface area contributed by atoms with Crippen molar-refractivity contribution < 1.29 is 4.52 Å². The largest absolute Gasteiger partial charge is 0.359 e. The van der Waals surface area contributed by atoms with Crippen LogP contribution in [0.25, 0.3) is 11.3 Å². The molecule has 1 heterocycles. The number of halogens is 4. The van der Waals surface area contributed by atoms with Gasteiger partial charge in [0.05, 0.1) is 19.8 Å². The van der Waals surface area contributed by atoms with E-state index in [4.69, 9.17) is 27.7 Å². The number of alkyl halides is 1. The predicted octanol–water partition coefficient (Wildman–Crippen LogP) is 5.31. The summed E-state index contributed by atoms with van der Waals surface area (Å²) in [6, 6.07) is 5.33. The van der Waals surface area contributed by atoms with Gasteiger partial charge in [-0.05, 0) is 28.1 Å². The van der Waals surface area contributed by atoms with Crippen LogP contribution in [0.4, 0.5) is 0 Å². The first-order chi connectivity index (χ1) is 7.63. The van der Waals surface area contributed by atoms with Crippen LogP contribution in [0, 0.1) is 0 Å². The maximum atomic E-state index is 5.94. The Bertz CT molecular complexity index is 528. The lowest BCUT2D eigenvalue weighted by Crippen LogP contribution is -1.80. The molecule has 0 radical (unpaired) electrons. The number of nitrogens with zero attached hydrogens (tertiary/aromatic N) is 1. The van der Waals surface area contributed by atoms with Crippen molar-refractivity contribution in [3.8, 4) is 11.3 Å². The fourth-order valence-corrected chi connectivity index (χ4v) is 2.79. The zero-order chi connectivity index (χ0) is 11.7. The molecule has 0 fully saturated rings. The summed E-state index contributed by atoms with van der Waals surface area (Å²) in [6.07, 6.45) is 0. The van der Waals surface area contributed by atoms with E-state index >= 15 is 0 Å². The molecule has 0 atom stereocenters. The Morgan fingerprint density at radius 1 is 1.25 bits per heavy atom. The van der Waals surface area contributed by atoms with Gasteiger partial charge in [-0.2, -0.15) is 0 Å². The van der Waals surface area contributed by atoms with Gasteiger partial charge in [0.2, 0.25) is 0 Å². The summed E-state index contributed by atoms with van der Waals surface area (Å²) in [5.74, 6) is 0.737. The minimum Gasteiger partial charge on any atom is -0.359 e. The first-order valence-electron chi connectivity index (χ1n) is 4.29. The third kappa shape index (κ3) is 2.30. The van der Waals surface area contributed by atoms with Crippen molar-refractivity contribution >= 4 is 55.1 Å². The van der Waals surface area contributed by atoms with Gasteiger partial charge in [0, 0.05) is 5.56 Å². The maximum Gasteiger partial charge on any atom is 0.162 e. The number of rotatable bonds is 2. The topological polar surface area (TPSA) is 26.0 Å². The molecule has 0 N–H and O–H groups in total. The third-order valence-electron chi connectivity index (χ3n) is 2.01. The van der Waals surface area contributed by atoms with Crippen molar-refractivity contribution in [3.63, 3.8) is 0 Å². The molecule has 2 rings (SSSR count). The van der Waals surface area contributed by atoms with Gasteiger partial charge in [0.25, 0.3) is 0 Å². The highest BCUT2D eigenvalue weighted by atomic mass is 79.9. The second-order valence-electron chi connectivity index (χ2n) is 3.03. The van der Waals surface area contributed by atoms with Gasteiger partial charge in [0.15, 0.2) is 5.76 Å². The van der Waals surface area contributed by atoms with Crippen LogP contribution in [0.5, 0.6) is 0 Å². The minimum absolute atomic E-state index is 0.495. The molecule has 0 spiro atoms. The van der Waals surface area contributed by atoms with Gasteiger partial charge in [0.1, 0.15) is 5.69 Å². The summed E-state index contributed by atoms with van der Waals surface area (Å²) >= 11 is 18.5. The maximum absolute atomic E-state index is 5.94. The fourth-order valence-electron chi connectivity index (χ4n) is 1.22. The summed E-state index contributed by atoms with van der Waals surface area (Å²) in [4.78, 5) is 0. The van der Waals surface area contributed by atoms with Crippen LogP contribution in [0.15, 0.2) is 27.2 Å². The van der Waals surface area contributed by atoms with Crippen LogP contribution in [-0.2, 0) is 5.33 Å². The first kappa shape index (κ1) is 12.4. The first-order valence-corrected chi connectivity index (χ1v) is 6.96. The summed E-state index contributed by atoms with van der Waals surface area (Å²) in [7, 11) is 0. The van der Waals surface area contributed by atoms with E-state index in [1.165, 1.54) is 0 Å². The molecule has 0 aliphatic carbocycles. The molecule has 1 aromatic heterocycles. The number of hydrogen-bond donors (Lipinski definition) is 0. The molecule has 0 aliphatic heterocycles. The van der Waals surface area contributed by atoms with Crippen LogP contribution in [0.1, 0.15) is 5.76 Å². The minimum atomic E-state index is 0.495. The van der Waals surface area contributed by atoms with Gasteiger partial charge in [-0.15, -0.1) is 0 Å². The smallest absolute Gasteiger partial charge is 0.162 e. The molecule has 2 aromatic rings. The normalized spacial score (nSPS) is 10.8. The Hall–Kier alpha value is -0.0300. The Balaban J connectivity index is 2.50. The third-order valence-corrected chi connectivity index (χ3v) is 4.08. The standard InChI is InChI=1S/C10H5Br2Cl2NO/c11-4-8-9(12)10(15-16-8)5-1-2-6(13)7(14)3-5/h1-3H,4H2. The second-order valence-corrected chi connectivity index (χ2v) is 5.20. The SMILES string of the molecule is Clc1ccc(-c2noc(CBr)c2Br)cc1Cl. The highest BCUT2D eigenvalue weighted by Crippen LogP contribution is 2.34. The molecule has 0 bridgehead atoms. The Kier molecular flexibility index (Phi) is 3.95. The molecule has 16 heavy (non-hydrogen) atoms. The van der Waals surface area contributed by atoms with Crippen LogP contribution >= 0.6 is 55.1 Å². The van der Waals surface area contributed by atoms with E-state index in [1.54, 1.807) is 12.1 Å². The lowest BCUT2D eigenvalue weighted by Gasteiger charge is -1.99. The van der Waals surface area contributed by atoms with Gasteiger partial charge in [-0.3, -0.25) is 0 Å². The highest BCUT2D eigenvalue weighted by molar-refractivity contribution is 9.11.